The summed E-state index contributed by atoms with van der Waals surface area (Å²) in [4.78, 5) is 27.3. The molecule has 1 fully saturated rings. The van der Waals surface area contributed by atoms with E-state index in [0.717, 1.165) is 53.8 Å². The second-order valence-electron chi connectivity index (χ2n) is 10.9. The van der Waals surface area contributed by atoms with Crippen molar-refractivity contribution in [3.63, 3.8) is 0 Å². The Morgan fingerprint density at radius 3 is 2.18 bits per heavy atom. The molecule has 228 valence electrons. The molecule has 1 saturated heterocycles. The van der Waals surface area contributed by atoms with E-state index in [1.807, 2.05) is 84.9 Å². The number of thioether (sulfide) groups is 1. The van der Waals surface area contributed by atoms with Gasteiger partial charge in [-0.15, -0.1) is 0 Å². The van der Waals surface area contributed by atoms with Gasteiger partial charge in [0.05, 0.1) is 16.8 Å². The van der Waals surface area contributed by atoms with Gasteiger partial charge in [-0.05, 0) is 47.4 Å². The van der Waals surface area contributed by atoms with Crippen LogP contribution in [0.3, 0.4) is 0 Å². The number of hydrogen-bond donors (Lipinski definition) is 1. The van der Waals surface area contributed by atoms with Gasteiger partial charge in [0.15, 0.2) is 5.16 Å². The lowest BCUT2D eigenvalue weighted by molar-refractivity contribution is 0.0936. The van der Waals surface area contributed by atoms with Gasteiger partial charge in [-0.2, -0.15) is 0 Å². The number of benzene rings is 4. The van der Waals surface area contributed by atoms with Crippen molar-refractivity contribution in [2.75, 3.05) is 36.0 Å². The summed E-state index contributed by atoms with van der Waals surface area (Å²) in [5.41, 5.74) is 4.91. The van der Waals surface area contributed by atoms with Gasteiger partial charge in [-0.1, -0.05) is 120 Å². The van der Waals surface area contributed by atoms with Crippen LogP contribution in [0, 0.1) is 0 Å². The molecule has 1 N–H and O–H groups in total. The first-order chi connectivity index (χ1) is 22.0. The molecule has 0 spiro atoms. The number of nitrogens with zero attached hydrogens (tertiary/aromatic N) is 4. The Hall–Kier alpha value is -4.04. The quantitative estimate of drug-likeness (QED) is 0.0933. The molecule has 0 saturated carbocycles. The molecule has 6 nitrogen and oxygen atoms in total. The van der Waals surface area contributed by atoms with Crippen molar-refractivity contribution in [1.29, 1.82) is 0 Å². The number of carbonyl (C=O) groups is 1. The lowest BCUT2D eigenvalue weighted by Crippen LogP contribution is -2.47. The average Bonchev–Trinajstić information content (AvgIpc) is 3.08. The number of para-hydroxylation sites is 1. The molecule has 1 aliphatic heterocycles. The van der Waals surface area contributed by atoms with E-state index in [4.69, 9.17) is 28.2 Å². The van der Waals surface area contributed by atoms with Crippen molar-refractivity contribution in [3.8, 4) is 0 Å². The SMILES string of the molecule is O=C(NC(Cc1ccccc1)c1ccccc1)c1cccc(CSc2nc(Cl)cc(N3CCN(c4ccccc4Cl)CC3)n2)c1. The fraction of sp³-hybridized carbons (Fsp3) is 0.194. The summed E-state index contributed by atoms with van der Waals surface area (Å²) in [6.07, 6.45) is 0.704. The van der Waals surface area contributed by atoms with Gasteiger partial charge in [0.2, 0.25) is 0 Å². The van der Waals surface area contributed by atoms with Gasteiger partial charge >= 0.3 is 0 Å². The fourth-order valence-corrected chi connectivity index (χ4v) is 6.76. The van der Waals surface area contributed by atoms with Gasteiger partial charge in [-0.3, -0.25) is 4.79 Å². The summed E-state index contributed by atoms with van der Waals surface area (Å²) in [7, 11) is 0. The van der Waals surface area contributed by atoms with Crippen LogP contribution in [0.1, 0.15) is 33.1 Å². The Morgan fingerprint density at radius 1 is 0.756 bits per heavy atom. The highest BCUT2D eigenvalue weighted by atomic mass is 35.5. The summed E-state index contributed by atoms with van der Waals surface area (Å²) in [5, 5.41) is 5.04. The monoisotopic (exact) mass is 653 g/mol. The molecule has 2 heterocycles. The molecule has 4 aromatic carbocycles. The molecular weight excluding hydrogens is 621 g/mol. The minimum absolute atomic E-state index is 0.108. The number of halogens is 2. The molecule has 1 atom stereocenters. The van der Waals surface area contributed by atoms with Crippen LogP contribution in [0.15, 0.2) is 120 Å². The molecule has 9 heteroatoms. The van der Waals surface area contributed by atoms with E-state index in [2.05, 4.69) is 50.4 Å². The van der Waals surface area contributed by atoms with E-state index < -0.39 is 0 Å². The number of rotatable bonds is 10. The molecule has 1 aliphatic rings. The predicted molar refractivity (Wildman–Crippen MR) is 186 cm³/mol. The summed E-state index contributed by atoms with van der Waals surface area (Å²) < 4.78 is 0. The van der Waals surface area contributed by atoms with Crippen LogP contribution < -0.4 is 15.1 Å². The Bertz CT molecular complexity index is 1730. The normalized spacial score (nSPS) is 13.8. The first kappa shape index (κ1) is 31.0. The fourth-order valence-electron chi connectivity index (χ4n) is 5.48. The molecule has 1 unspecified atom stereocenters. The van der Waals surface area contributed by atoms with Crippen molar-refractivity contribution in [2.24, 2.45) is 0 Å². The Morgan fingerprint density at radius 2 is 1.42 bits per heavy atom. The smallest absolute Gasteiger partial charge is 0.251 e. The Labute approximate surface area is 278 Å². The molecule has 0 aliphatic carbocycles. The van der Waals surface area contributed by atoms with Crippen LogP contribution in [-0.2, 0) is 12.2 Å². The summed E-state index contributed by atoms with van der Waals surface area (Å²) in [6.45, 7) is 3.26. The van der Waals surface area contributed by atoms with Crippen LogP contribution in [-0.4, -0.2) is 42.1 Å². The van der Waals surface area contributed by atoms with E-state index in [9.17, 15) is 4.79 Å². The predicted octanol–water partition coefficient (Wildman–Crippen LogP) is 8.12. The topological polar surface area (TPSA) is 61.4 Å². The van der Waals surface area contributed by atoms with E-state index in [1.165, 1.54) is 17.3 Å². The van der Waals surface area contributed by atoms with Crippen molar-refractivity contribution >= 4 is 52.4 Å². The number of aromatic nitrogens is 2. The molecule has 45 heavy (non-hydrogen) atoms. The van der Waals surface area contributed by atoms with E-state index >= 15 is 0 Å². The maximum absolute atomic E-state index is 13.5. The van der Waals surface area contributed by atoms with Gasteiger partial charge in [0.25, 0.3) is 5.91 Å². The van der Waals surface area contributed by atoms with Gasteiger partial charge < -0.3 is 15.1 Å². The lowest BCUT2D eigenvalue weighted by Gasteiger charge is -2.37. The molecule has 6 rings (SSSR count). The molecule has 1 amide bonds. The van der Waals surface area contributed by atoms with Crippen molar-refractivity contribution < 1.29 is 4.79 Å². The van der Waals surface area contributed by atoms with Crippen LogP contribution in [0.5, 0.6) is 0 Å². The zero-order valence-corrected chi connectivity index (χ0v) is 27.0. The standard InChI is InChI=1S/C36H33Cl2N5OS/c37-30-16-7-8-17-32(30)42-18-20-43(21-19-42)34-24-33(38)40-36(41-34)45-25-27-12-9-15-29(22-27)35(44)39-31(28-13-5-2-6-14-28)23-26-10-3-1-4-11-26/h1-17,22,24,31H,18-21,23,25H2,(H,39,44). The summed E-state index contributed by atoms with van der Waals surface area (Å²) >= 11 is 14.4. The van der Waals surface area contributed by atoms with Crippen LogP contribution in [0.25, 0.3) is 0 Å². The highest BCUT2D eigenvalue weighted by Crippen LogP contribution is 2.29. The Kier molecular flexibility index (Phi) is 10.2. The highest BCUT2D eigenvalue weighted by Gasteiger charge is 2.21. The zero-order valence-electron chi connectivity index (χ0n) is 24.7. The third kappa shape index (κ3) is 8.17. The van der Waals surface area contributed by atoms with E-state index in [1.54, 1.807) is 0 Å². The lowest BCUT2D eigenvalue weighted by atomic mass is 9.98. The van der Waals surface area contributed by atoms with Gasteiger partial charge in [0.1, 0.15) is 11.0 Å². The Balaban J connectivity index is 1.09. The number of hydrogen-bond acceptors (Lipinski definition) is 6. The first-order valence-corrected chi connectivity index (χ1v) is 16.7. The van der Waals surface area contributed by atoms with Gasteiger partial charge in [0, 0.05) is 43.6 Å². The number of carbonyl (C=O) groups excluding carboxylic acids is 1. The van der Waals surface area contributed by atoms with E-state index in [0.29, 0.717) is 28.0 Å². The molecule has 1 aromatic heterocycles. The largest absolute Gasteiger partial charge is 0.367 e. The van der Waals surface area contributed by atoms with Gasteiger partial charge in [-0.25, -0.2) is 9.97 Å². The van der Waals surface area contributed by atoms with Crippen LogP contribution >= 0.6 is 35.0 Å². The summed E-state index contributed by atoms with van der Waals surface area (Å²) in [5.74, 6) is 1.31. The minimum Gasteiger partial charge on any atom is -0.367 e. The molecular formula is C36H33Cl2N5OS. The molecule has 0 radical (unpaired) electrons. The molecule has 0 bridgehead atoms. The minimum atomic E-state index is -0.149. The maximum atomic E-state index is 13.5. The first-order valence-electron chi connectivity index (χ1n) is 14.9. The second kappa shape index (κ2) is 14.8. The number of anilines is 2. The van der Waals surface area contributed by atoms with Crippen molar-refractivity contribution in [2.45, 2.75) is 23.4 Å². The third-order valence-electron chi connectivity index (χ3n) is 7.80. The average molecular weight is 655 g/mol. The number of nitrogens with one attached hydrogen (secondary N) is 1. The molecule has 5 aromatic rings. The number of amides is 1. The third-order valence-corrected chi connectivity index (χ3v) is 9.24. The number of piperazine rings is 1. The van der Waals surface area contributed by atoms with Crippen LogP contribution in [0.4, 0.5) is 11.5 Å². The van der Waals surface area contributed by atoms with Crippen LogP contribution in [0.2, 0.25) is 10.2 Å². The highest BCUT2D eigenvalue weighted by molar-refractivity contribution is 7.98. The maximum Gasteiger partial charge on any atom is 0.251 e. The zero-order chi connectivity index (χ0) is 31.0. The van der Waals surface area contributed by atoms with Crippen molar-refractivity contribution in [3.05, 3.63) is 148 Å². The van der Waals surface area contributed by atoms with E-state index in [-0.39, 0.29) is 11.9 Å². The second-order valence-corrected chi connectivity index (χ2v) is 12.6. The van der Waals surface area contributed by atoms with Crippen molar-refractivity contribution in [1.82, 2.24) is 15.3 Å². The summed E-state index contributed by atoms with van der Waals surface area (Å²) in [6, 6.07) is 37.7.